The third-order valence-electron chi connectivity index (χ3n) is 3.52. The van der Waals surface area contributed by atoms with Gasteiger partial charge >= 0.3 is 5.97 Å². The van der Waals surface area contributed by atoms with Gasteiger partial charge in [-0.3, -0.25) is 0 Å². The molecule has 1 aliphatic heterocycles. The standard InChI is InChI=1S/C14H19NO2/c1-9-6-10(2)13(14(16)17-3)7-12(9)11-4-5-15-8-11/h6-7,11,15H,4-5,8H2,1-3H3. The first-order chi connectivity index (χ1) is 8.13. The number of esters is 1. The second-order valence-electron chi connectivity index (χ2n) is 4.71. The summed E-state index contributed by atoms with van der Waals surface area (Å²) in [6.45, 7) is 6.13. The van der Waals surface area contributed by atoms with Crippen LogP contribution in [0.4, 0.5) is 0 Å². The Hall–Kier alpha value is -1.35. The highest BCUT2D eigenvalue weighted by Crippen LogP contribution is 2.28. The molecule has 3 nitrogen and oxygen atoms in total. The van der Waals surface area contributed by atoms with E-state index in [2.05, 4.69) is 18.3 Å². The van der Waals surface area contributed by atoms with E-state index >= 15 is 0 Å². The van der Waals surface area contributed by atoms with Gasteiger partial charge in [0.1, 0.15) is 0 Å². The molecule has 0 radical (unpaired) electrons. The molecule has 1 fully saturated rings. The van der Waals surface area contributed by atoms with Gasteiger partial charge in [-0.15, -0.1) is 0 Å². The van der Waals surface area contributed by atoms with E-state index in [-0.39, 0.29) is 5.97 Å². The molecule has 1 aliphatic rings. The van der Waals surface area contributed by atoms with Crippen LogP contribution in [-0.4, -0.2) is 26.2 Å². The summed E-state index contributed by atoms with van der Waals surface area (Å²) in [6, 6.07) is 4.09. The maximum absolute atomic E-state index is 11.7. The Morgan fingerprint density at radius 1 is 1.35 bits per heavy atom. The van der Waals surface area contributed by atoms with Crippen LogP contribution in [0.3, 0.4) is 0 Å². The van der Waals surface area contributed by atoms with E-state index in [4.69, 9.17) is 4.74 Å². The van der Waals surface area contributed by atoms with Crippen LogP contribution in [-0.2, 0) is 4.74 Å². The highest BCUT2D eigenvalue weighted by atomic mass is 16.5. The van der Waals surface area contributed by atoms with Crippen molar-refractivity contribution in [3.63, 3.8) is 0 Å². The van der Waals surface area contributed by atoms with Crippen LogP contribution in [0, 0.1) is 13.8 Å². The lowest BCUT2D eigenvalue weighted by Crippen LogP contribution is -2.11. The fourth-order valence-corrected chi connectivity index (χ4v) is 2.56. The van der Waals surface area contributed by atoms with Gasteiger partial charge in [-0.05, 0) is 55.5 Å². The SMILES string of the molecule is COC(=O)c1cc(C2CCNC2)c(C)cc1C. The van der Waals surface area contributed by atoms with E-state index in [0.717, 1.165) is 25.1 Å². The maximum atomic E-state index is 11.7. The van der Waals surface area contributed by atoms with E-state index in [0.29, 0.717) is 11.5 Å². The Labute approximate surface area is 102 Å². The summed E-state index contributed by atoms with van der Waals surface area (Å²) < 4.78 is 4.82. The van der Waals surface area contributed by atoms with Crippen LogP contribution in [0.5, 0.6) is 0 Å². The van der Waals surface area contributed by atoms with Gasteiger partial charge < -0.3 is 10.1 Å². The average Bonchev–Trinajstić information content (AvgIpc) is 2.81. The van der Waals surface area contributed by atoms with Gasteiger partial charge in [-0.2, -0.15) is 0 Å². The van der Waals surface area contributed by atoms with Crippen LogP contribution >= 0.6 is 0 Å². The second-order valence-corrected chi connectivity index (χ2v) is 4.71. The fraction of sp³-hybridized carbons (Fsp3) is 0.500. The molecule has 17 heavy (non-hydrogen) atoms. The molecular formula is C14H19NO2. The Balaban J connectivity index is 2.41. The van der Waals surface area contributed by atoms with Crippen molar-refractivity contribution in [3.05, 3.63) is 34.4 Å². The third kappa shape index (κ3) is 2.34. The van der Waals surface area contributed by atoms with Crippen molar-refractivity contribution in [1.29, 1.82) is 0 Å². The minimum absolute atomic E-state index is 0.241. The number of rotatable bonds is 2. The molecule has 0 spiro atoms. The molecule has 3 heteroatoms. The molecule has 1 unspecified atom stereocenters. The molecule has 2 rings (SSSR count). The van der Waals surface area contributed by atoms with Crippen molar-refractivity contribution in [2.75, 3.05) is 20.2 Å². The zero-order chi connectivity index (χ0) is 12.4. The Morgan fingerprint density at radius 3 is 2.71 bits per heavy atom. The van der Waals surface area contributed by atoms with Crippen molar-refractivity contribution in [2.45, 2.75) is 26.2 Å². The summed E-state index contributed by atoms with van der Waals surface area (Å²) in [6.07, 6.45) is 1.14. The normalized spacial score (nSPS) is 19.4. The predicted molar refractivity (Wildman–Crippen MR) is 67.5 cm³/mol. The molecular weight excluding hydrogens is 214 g/mol. The number of carbonyl (C=O) groups excluding carboxylic acids is 1. The summed E-state index contributed by atoms with van der Waals surface area (Å²) in [5, 5.41) is 3.36. The molecule has 1 saturated heterocycles. The van der Waals surface area contributed by atoms with Crippen LogP contribution in [0.15, 0.2) is 12.1 Å². The van der Waals surface area contributed by atoms with Gasteiger partial charge in [-0.1, -0.05) is 6.07 Å². The monoisotopic (exact) mass is 233 g/mol. The van der Waals surface area contributed by atoms with Gasteiger partial charge in [0.2, 0.25) is 0 Å². The van der Waals surface area contributed by atoms with E-state index in [1.54, 1.807) is 0 Å². The van der Waals surface area contributed by atoms with Crippen molar-refractivity contribution < 1.29 is 9.53 Å². The number of hydrogen-bond donors (Lipinski definition) is 1. The van der Waals surface area contributed by atoms with Crippen LogP contribution in [0.2, 0.25) is 0 Å². The molecule has 1 heterocycles. The minimum Gasteiger partial charge on any atom is -0.465 e. The number of aryl methyl sites for hydroxylation is 2. The zero-order valence-corrected chi connectivity index (χ0v) is 10.7. The molecule has 0 aromatic heterocycles. The van der Waals surface area contributed by atoms with Crippen LogP contribution in [0.1, 0.15) is 39.4 Å². The largest absolute Gasteiger partial charge is 0.465 e. The van der Waals surface area contributed by atoms with Crippen LogP contribution < -0.4 is 5.32 Å². The summed E-state index contributed by atoms with van der Waals surface area (Å²) in [5.41, 5.74) is 4.23. The number of benzene rings is 1. The Kier molecular flexibility index (Phi) is 3.48. The van der Waals surface area contributed by atoms with Gasteiger partial charge in [0.05, 0.1) is 12.7 Å². The van der Waals surface area contributed by atoms with Gasteiger partial charge in [0, 0.05) is 6.54 Å². The summed E-state index contributed by atoms with van der Waals surface area (Å²) in [5.74, 6) is 0.286. The fourth-order valence-electron chi connectivity index (χ4n) is 2.56. The van der Waals surface area contributed by atoms with Crippen molar-refractivity contribution in [1.82, 2.24) is 5.32 Å². The smallest absolute Gasteiger partial charge is 0.338 e. The molecule has 0 amide bonds. The lowest BCUT2D eigenvalue weighted by Gasteiger charge is -2.15. The second kappa shape index (κ2) is 4.88. The first-order valence-corrected chi connectivity index (χ1v) is 6.03. The lowest BCUT2D eigenvalue weighted by atomic mass is 9.90. The van der Waals surface area contributed by atoms with E-state index in [9.17, 15) is 4.79 Å². The Bertz CT molecular complexity index is 434. The topological polar surface area (TPSA) is 38.3 Å². The first-order valence-electron chi connectivity index (χ1n) is 6.03. The van der Waals surface area contributed by atoms with E-state index in [1.807, 2.05) is 13.0 Å². The van der Waals surface area contributed by atoms with Gasteiger partial charge in [0.15, 0.2) is 0 Å². The van der Waals surface area contributed by atoms with E-state index < -0.39 is 0 Å². The summed E-state index contributed by atoms with van der Waals surface area (Å²) in [4.78, 5) is 11.7. The minimum atomic E-state index is -0.241. The highest BCUT2D eigenvalue weighted by Gasteiger charge is 2.21. The Morgan fingerprint density at radius 2 is 2.12 bits per heavy atom. The maximum Gasteiger partial charge on any atom is 0.338 e. The average molecular weight is 233 g/mol. The van der Waals surface area contributed by atoms with Gasteiger partial charge in [-0.25, -0.2) is 4.79 Å². The zero-order valence-electron chi connectivity index (χ0n) is 10.7. The van der Waals surface area contributed by atoms with Crippen molar-refractivity contribution in [3.8, 4) is 0 Å². The number of carbonyl (C=O) groups is 1. The van der Waals surface area contributed by atoms with Gasteiger partial charge in [0.25, 0.3) is 0 Å². The number of methoxy groups -OCH3 is 1. The molecule has 0 aliphatic carbocycles. The van der Waals surface area contributed by atoms with Crippen LogP contribution in [0.25, 0.3) is 0 Å². The molecule has 0 bridgehead atoms. The molecule has 1 N–H and O–H groups in total. The van der Waals surface area contributed by atoms with E-state index in [1.165, 1.54) is 18.2 Å². The lowest BCUT2D eigenvalue weighted by molar-refractivity contribution is 0.0600. The molecule has 92 valence electrons. The summed E-state index contributed by atoms with van der Waals surface area (Å²) in [7, 11) is 1.43. The molecule has 1 aromatic carbocycles. The summed E-state index contributed by atoms with van der Waals surface area (Å²) >= 11 is 0. The highest BCUT2D eigenvalue weighted by molar-refractivity contribution is 5.91. The van der Waals surface area contributed by atoms with Crippen molar-refractivity contribution >= 4 is 5.97 Å². The first kappa shape index (κ1) is 12.1. The molecule has 1 aromatic rings. The number of ether oxygens (including phenoxy) is 1. The quantitative estimate of drug-likeness (QED) is 0.796. The molecule has 0 saturated carbocycles. The third-order valence-corrected chi connectivity index (χ3v) is 3.52. The molecule has 1 atom stereocenters. The number of hydrogen-bond acceptors (Lipinski definition) is 3. The number of nitrogens with one attached hydrogen (secondary N) is 1. The predicted octanol–water partition coefficient (Wildman–Crippen LogP) is 2.17. The van der Waals surface area contributed by atoms with Crippen molar-refractivity contribution in [2.24, 2.45) is 0 Å².